The van der Waals surface area contributed by atoms with Gasteiger partial charge in [0.15, 0.2) is 11.7 Å². The minimum Gasteiger partial charge on any atom is -0.484 e. The van der Waals surface area contributed by atoms with Crippen LogP contribution >= 0.6 is 12.2 Å². The van der Waals surface area contributed by atoms with Crippen LogP contribution in [0.3, 0.4) is 0 Å². The minimum absolute atomic E-state index is 0.0322. The highest BCUT2D eigenvalue weighted by atomic mass is 32.1. The molecule has 9 heteroatoms. The summed E-state index contributed by atoms with van der Waals surface area (Å²) in [6.07, 6.45) is 1.45. The van der Waals surface area contributed by atoms with Crippen molar-refractivity contribution in [3.05, 3.63) is 65.8 Å². The number of benzene rings is 2. The van der Waals surface area contributed by atoms with Crippen molar-refractivity contribution in [3.8, 4) is 17.1 Å². The summed E-state index contributed by atoms with van der Waals surface area (Å²) in [5.41, 5.74) is 8.49. The maximum Gasteiger partial charge on any atom is 0.264 e. The molecule has 0 saturated carbocycles. The highest BCUT2D eigenvalue weighted by molar-refractivity contribution is 7.80. The first-order valence-corrected chi connectivity index (χ1v) is 7.91. The molecule has 0 aliphatic rings. The second kappa shape index (κ2) is 8.17. The van der Waals surface area contributed by atoms with E-state index in [1.807, 2.05) is 18.2 Å². The molecule has 0 unspecified atom stereocenters. The van der Waals surface area contributed by atoms with E-state index in [-0.39, 0.29) is 29.0 Å². The van der Waals surface area contributed by atoms with Crippen LogP contribution in [-0.2, 0) is 6.61 Å². The van der Waals surface area contributed by atoms with Gasteiger partial charge in [-0.05, 0) is 42.0 Å². The van der Waals surface area contributed by atoms with Crippen molar-refractivity contribution in [2.75, 3.05) is 0 Å². The predicted molar refractivity (Wildman–Crippen MR) is 98.0 cm³/mol. The molecule has 1 aromatic heterocycles. The van der Waals surface area contributed by atoms with Crippen LogP contribution in [0.1, 0.15) is 11.5 Å². The van der Waals surface area contributed by atoms with E-state index in [1.54, 1.807) is 18.2 Å². The molecule has 1 heterocycles. The molecule has 0 bridgehead atoms. The summed E-state index contributed by atoms with van der Waals surface area (Å²) < 4.78 is 24.8. The summed E-state index contributed by atoms with van der Waals surface area (Å²) in [5.74, 6) is 0.534. The van der Waals surface area contributed by atoms with Crippen LogP contribution in [-0.4, -0.2) is 21.5 Å². The summed E-state index contributed by atoms with van der Waals surface area (Å²) in [6.45, 7) is 0.0810. The zero-order valence-corrected chi connectivity index (χ0v) is 14.2. The lowest BCUT2D eigenvalue weighted by molar-refractivity contribution is 0.243. The fourth-order valence-corrected chi connectivity index (χ4v) is 2.10. The fourth-order valence-electron chi connectivity index (χ4n) is 2.05. The number of halogens is 1. The van der Waals surface area contributed by atoms with Gasteiger partial charge in [-0.2, -0.15) is 10.1 Å². The number of hydrazone groups is 1. The number of aromatic nitrogens is 2. The first-order valence-electron chi connectivity index (χ1n) is 7.50. The van der Waals surface area contributed by atoms with Crippen LogP contribution in [0.4, 0.5) is 4.39 Å². The first-order chi connectivity index (χ1) is 12.6. The lowest BCUT2D eigenvalue weighted by Gasteiger charge is -2.01. The quantitative estimate of drug-likeness (QED) is 0.390. The van der Waals surface area contributed by atoms with Gasteiger partial charge in [0.1, 0.15) is 11.6 Å². The van der Waals surface area contributed by atoms with Crippen LogP contribution in [0.15, 0.2) is 58.2 Å². The summed E-state index contributed by atoms with van der Waals surface area (Å²) in [4.78, 5) is 4.16. The Morgan fingerprint density at radius 1 is 1.31 bits per heavy atom. The number of thiocarbonyl (C=S) groups is 1. The third kappa shape index (κ3) is 4.61. The molecule has 7 nitrogen and oxygen atoms in total. The number of nitrogens with zero attached hydrogens (tertiary/aromatic N) is 3. The molecule has 0 saturated heterocycles. The van der Waals surface area contributed by atoms with Crippen LogP contribution in [0, 0.1) is 5.82 Å². The zero-order valence-electron chi connectivity index (χ0n) is 13.4. The third-order valence-corrected chi connectivity index (χ3v) is 3.28. The standard InChI is InChI=1S/C17H14FN5O2S/c18-14-7-6-11(9-20-22-17(19)26)8-13(14)16-21-15(25-23-16)10-24-12-4-2-1-3-5-12/h1-9H,10H2,(H3,19,22,26). The molecule has 3 rings (SSSR count). The molecule has 0 aliphatic heterocycles. The van der Waals surface area contributed by atoms with Crippen molar-refractivity contribution in [1.29, 1.82) is 0 Å². The minimum atomic E-state index is -0.485. The maximum absolute atomic E-state index is 14.1. The fraction of sp³-hybridized carbons (Fsp3) is 0.0588. The Hall–Kier alpha value is -3.33. The monoisotopic (exact) mass is 371 g/mol. The second-order valence-corrected chi connectivity index (χ2v) is 5.53. The zero-order chi connectivity index (χ0) is 18.4. The molecule has 0 aliphatic carbocycles. The second-order valence-electron chi connectivity index (χ2n) is 5.09. The van der Waals surface area contributed by atoms with E-state index in [4.69, 9.17) is 15.0 Å². The number of rotatable bonds is 6. The van der Waals surface area contributed by atoms with Crippen molar-refractivity contribution < 1.29 is 13.7 Å². The van der Waals surface area contributed by atoms with Gasteiger partial charge in [0.25, 0.3) is 5.89 Å². The summed E-state index contributed by atoms with van der Waals surface area (Å²) in [5, 5.41) is 7.66. The molecular weight excluding hydrogens is 357 g/mol. The van der Waals surface area contributed by atoms with E-state index < -0.39 is 5.82 Å². The topological polar surface area (TPSA) is 98.6 Å². The molecule has 0 fully saturated rings. The first kappa shape index (κ1) is 17.5. The lowest BCUT2D eigenvalue weighted by atomic mass is 10.1. The van der Waals surface area contributed by atoms with Gasteiger partial charge in [0, 0.05) is 0 Å². The Bertz CT molecular complexity index is 930. The number of ether oxygens (including phenoxy) is 1. The smallest absolute Gasteiger partial charge is 0.264 e. The SMILES string of the molecule is NC(=S)NN=Cc1ccc(F)c(-c2noc(COc3ccccc3)n2)c1. The van der Waals surface area contributed by atoms with E-state index in [9.17, 15) is 4.39 Å². The van der Waals surface area contributed by atoms with Gasteiger partial charge in [-0.1, -0.05) is 29.4 Å². The van der Waals surface area contributed by atoms with Crippen LogP contribution < -0.4 is 15.9 Å². The molecular formula is C17H14FN5O2S. The number of nitrogens with one attached hydrogen (secondary N) is 1. The number of hydrogen-bond donors (Lipinski definition) is 2. The Labute approximate surface area is 153 Å². The van der Waals surface area contributed by atoms with Crippen LogP contribution in [0.25, 0.3) is 11.4 Å². The number of para-hydroxylation sites is 1. The molecule has 0 spiro atoms. The Kier molecular flexibility index (Phi) is 5.49. The summed E-state index contributed by atoms with van der Waals surface area (Å²) in [7, 11) is 0. The average molecular weight is 371 g/mol. The van der Waals surface area contributed by atoms with Crippen LogP contribution in [0.5, 0.6) is 5.75 Å². The van der Waals surface area contributed by atoms with Crippen LogP contribution in [0.2, 0.25) is 0 Å². The van der Waals surface area contributed by atoms with Crippen molar-refractivity contribution in [2.45, 2.75) is 6.61 Å². The van der Waals surface area contributed by atoms with E-state index >= 15 is 0 Å². The lowest BCUT2D eigenvalue weighted by Crippen LogP contribution is -2.23. The van der Waals surface area contributed by atoms with Crippen molar-refractivity contribution in [1.82, 2.24) is 15.6 Å². The average Bonchev–Trinajstić information content (AvgIpc) is 3.11. The van der Waals surface area contributed by atoms with E-state index in [1.165, 1.54) is 18.3 Å². The van der Waals surface area contributed by atoms with Crippen molar-refractivity contribution in [2.24, 2.45) is 10.8 Å². The van der Waals surface area contributed by atoms with Crippen molar-refractivity contribution >= 4 is 23.5 Å². The van der Waals surface area contributed by atoms with Gasteiger partial charge in [0.2, 0.25) is 5.82 Å². The van der Waals surface area contributed by atoms with Crippen molar-refractivity contribution in [3.63, 3.8) is 0 Å². The van der Waals surface area contributed by atoms with E-state index in [0.29, 0.717) is 11.3 Å². The number of hydrogen-bond acceptors (Lipinski definition) is 6. The van der Waals surface area contributed by atoms with Gasteiger partial charge in [0.05, 0.1) is 11.8 Å². The van der Waals surface area contributed by atoms with Gasteiger partial charge < -0.3 is 15.0 Å². The molecule has 3 N–H and O–H groups in total. The largest absolute Gasteiger partial charge is 0.484 e. The van der Waals surface area contributed by atoms with E-state index in [0.717, 1.165) is 0 Å². The maximum atomic E-state index is 14.1. The molecule has 132 valence electrons. The number of nitrogens with two attached hydrogens (primary N) is 1. The Morgan fingerprint density at radius 3 is 2.88 bits per heavy atom. The summed E-state index contributed by atoms with van der Waals surface area (Å²) >= 11 is 4.65. The van der Waals surface area contributed by atoms with Gasteiger partial charge in [-0.15, -0.1) is 0 Å². The Balaban J connectivity index is 1.73. The molecule has 26 heavy (non-hydrogen) atoms. The Morgan fingerprint density at radius 2 is 2.12 bits per heavy atom. The van der Waals surface area contributed by atoms with E-state index in [2.05, 4.69) is 32.9 Å². The molecule has 0 atom stereocenters. The highest BCUT2D eigenvalue weighted by Crippen LogP contribution is 2.21. The van der Waals surface area contributed by atoms with Gasteiger partial charge in [-0.25, -0.2) is 4.39 Å². The van der Waals surface area contributed by atoms with Gasteiger partial charge in [-0.3, -0.25) is 5.43 Å². The third-order valence-electron chi connectivity index (χ3n) is 3.19. The molecule has 2 aromatic carbocycles. The molecule has 0 amide bonds. The normalized spacial score (nSPS) is 10.8. The predicted octanol–water partition coefficient (Wildman–Crippen LogP) is 2.62. The summed E-state index contributed by atoms with van der Waals surface area (Å²) in [6, 6.07) is 13.6. The van der Waals surface area contributed by atoms with Gasteiger partial charge >= 0.3 is 0 Å². The molecule has 3 aromatic rings. The molecule has 0 radical (unpaired) electrons. The highest BCUT2D eigenvalue weighted by Gasteiger charge is 2.14.